The Kier molecular flexibility index (Phi) is 5.47. The van der Waals surface area contributed by atoms with Crippen LogP contribution in [0.15, 0.2) is 77.3 Å². The van der Waals surface area contributed by atoms with E-state index < -0.39 is 17.0 Å². The summed E-state index contributed by atoms with van der Waals surface area (Å²) in [5.74, 6) is 1.61. The number of nitrogens with zero attached hydrogens (tertiary/aromatic N) is 1. The molecule has 1 saturated heterocycles. The van der Waals surface area contributed by atoms with Crippen LogP contribution in [-0.2, 0) is 20.5 Å². The summed E-state index contributed by atoms with van der Waals surface area (Å²) in [4.78, 5) is 12.5. The number of esters is 1. The van der Waals surface area contributed by atoms with Gasteiger partial charge >= 0.3 is 5.97 Å². The average Bonchev–Trinajstić information content (AvgIpc) is 3.06. The summed E-state index contributed by atoms with van der Waals surface area (Å²) in [7, 11) is 1.57. The minimum Gasteiger partial charge on any atom is -0.496 e. The third kappa shape index (κ3) is 3.55. The summed E-state index contributed by atoms with van der Waals surface area (Å²) >= 11 is 3.47. The Morgan fingerprint density at radius 3 is 2.26 bits per heavy atom. The van der Waals surface area contributed by atoms with Gasteiger partial charge in [0.2, 0.25) is 5.60 Å². The maximum Gasteiger partial charge on any atom is 0.308 e. The molecule has 0 aliphatic carbocycles. The van der Waals surface area contributed by atoms with E-state index in [9.17, 15) is 10.1 Å². The fraction of sp³-hybridized carbons (Fsp3) is 0.200. The molecule has 31 heavy (non-hydrogen) atoms. The van der Waals surface area contributed by atoms with Gasteiger partial charge in [0.15, 0.2) is 0 Å². The Balaban J connectivity index is 1.74. The van der Waals surface area contributed by atoms with Crippen molar-refractivity contribution in [2.75, 3.05) is 7.11 Å². The van der Waals surface area contributed by atoms with Crippen LogP contribution in [0.25, 0.3) is 0 Å². The Hall–Kier alpha value is -3.30. The summed E-state index contributed by atoms with van der Waals surface area (Å²) in [6, 6.07) is 24.5. The molecule has 0 unspecified atom stereocenters. The van der Waals surface area contributed by atoms with E-state index in [2.05, 4.69) is 22.0 Å². The molecule has 1 aliphatic heterocycles. The van der Waals surface area contributed by atoms with Crippen molar-refractivity contribution in [2.24, 2.45) is 0 Å². The van der Waals surface area contributed by atoms with Crippen molar-refractivity contribution < 1.29 is 19.0 Å². The van der Waals surface area contributed by atoms with Crippen molar-refractivity contribution in [3.8, 4) is 23.3 Å². The van der Waals surface area contributed by atoms with E-state index in [4.69, 9.17) is 14.2 Å². The van der Waals surface area contributed by atoms with Crippen LogP contribution < -0.4 is 9.47 Å². The van der Waals surface area contributed by atoms with Crippen LogP contribution in [0.1, 0.15) is 24.5 Å². The topological polar surface area (TPSA) is 68.5 Å². The van der Waals surface area contributed by atoms with Crippen molar-refractivity contribution in [1.82, 2.24) is 0 Å². The molecule has 0 aromatic heterocycles. The molecule has 0 amide bonds. The minimum atomic E-state index is -1.47. The number of halogens is 1. The molecular weight excluding hydrogens is 458 g/mol. The van der Waals surface area contributed by atoms with Crippen molar-refractivity contribution in [1.29, 1.82) is 5.26 Å². The molecule has 3 aromatic rings. The highest BCUT2D eigenvalue weighted by Crippen LogP contribution is 2.53. The molecule has 0 spiro atoms. The molecule has 6 heteroatoms. The predicted octanol–water partition coefficient (Wildman–Crippen LogP) is 5.87. The molecule has 0 bridgehead atoms. The zero-order valence-corrected chi connectivity index (χ0v) is 18.7. The highest BCUT2D eigenvalue weighted by atomic mass is 79.9. The largest absolute Gasteiger partial charge is 0.496 e. The van der Waals surface area contributed by atoms with Crippen molar-refractivity contribution in [3.63, 3.8) is 0 Å². The van der Waals surface area contributed by atoms with Gasteiger partial charge in [0.1, 0.15) is 23.3 Å². The van der Waals surface area contributed by atoms with Crippen LogP contribution in [0.2, 0.25) is 0 Å². The van der Waals surface area contributed by atoms with Crippen LogP contribution >= 0.6 is 15.9 Å². The Morgan fingerprint density at radius 1 is 1.00 bits per heavy atom. The average molecular weight is 478 g/mol. The number of nitriles is 1. The lowest BCUT2D eigenvalue weighted by atomic mass is 9.66. The standard InChI is InChI=1S/C25H20BrNO4/c1-24(17-8-11-20(12-9-17)30-19-6-4-3-5-7-19)15-23(28)31-25(24,16-27)18-10-13-22(29-2)21(26)14-18/h3-14H,15H2,1-2H3/t24-,25-/m0/s1. The lowest BCUT2D eigenvalue weighted by molar-refractivity contribution is -0.146. The van der Waals surface area contributed by atoms with Gasteiger partial charge in [-0.05, 0) is 64.8 Å². The molecule has 1 fully saturated rings. The minimum absolute atomic E-state index is 0.0864. The van der Waals surface area contributed by atoms with Crippen molar-refractivity contribution in [3.05, 3.63) is 88.4 Å². The maximum absolute atomic E-state index is 12.5. The van der Waals surface area contributed by atoms with E-state index in [1.807, 2.05) is 61.5 Å². The third-order valence-electron chi connectivity index (χ3n) is 5.73. The number of ether oxygens (including phenoxy) is 3. The first-order valence-electron chi connectivity index (χ1n) is 9.72. The number of rotatable bonds is 5. The first-order valence-corrected chi connectivity index (χ1v) is 10.5. The summed E-state index contributed by atoms with van der Waals surface area (Å²) in [6.45, 7) is 1.88. The van der Waals surface area contributed by atoms with Gasteiger partial charge in [0, 0.05) is 5.56 Å². The number of para-hydroxylation sites is 1. The van der Waals surface area contributed by atoms with E-state index in [1.165, 1.54) is 0 Å². The van der Waals surface area contributed by atoms with Gasteiger partial charge < -0.3 is 14.2 Å². The second-order valence-electron chi connectivity index (χ2n) is 7.56. The summed E-state index contributed by atoms with van der Waals surface area (Å²) in [5, 5.41) is 10.3. The maximum atomic E-state index is 12.5. The first-order chi connectivity index (χ1) is 14.9. The number of methoxy groups -OCH3 is 1. The van der Waals surface area contributed by atoms with Crippen LogP contribution in [0, 0.1) is 11.3 Å². The summed E-state index contributed by atoms with van der Waals surface area (Å²) in [6.07, 6.45) is 0.0864. The van der Waals surface area contributed by atoms with Crippen LogP contribution in [0.3, 0.4) is 0 Å². The quantitative estimate of drug-likeness (QED) is 0.429. The summed E-state index contributed by atoms with van der Waals surface area (Å²) < 4.78 is 17.6. The van der Waals surface area contributed by atoms with Gasteiger partial charge in [-0.2, -0.15) is 5.26 Å². The smallest absolute Gasteiger partial charge is 0.308 e. The van der Waals surface area contributed by atoms with Gasteiger partial charge in [-0.1, -0.05) is 36.4 Å². The molecule has 2 atom stereocenters. The van der Waals surface area contributed by atoms with Gasteiger partial charge in [0.25, 0.3) is 0 Å². The molecule has 0 saturated carbocycles. The molecule has 1 heterocycles. The van der Waals surface area contributed by atoms with E-state index in [0.717, 1.165) is 11.3 Å². The zero-order valence-electron chi connectivity index (χ0n) is 17.1. The third-order valence-corrected chi connectivity index (χ3v) is 6.35. The number of carbonyl (C=O) groups is 1. The van der Waals surface area contributed by atoms with E-state index >= 15 is 0 Å². The highest BCUT2D eigenvalue weighted by Gasteiger charge is 2.60. The lowest BCUT2D eigenvalue weighted by Gasteiger charge is -2.36. The molecule has 3 aromatic carbocycles. The SMILES string of the molecule is COc1ccc([C@]2(C#N)OC(=O)C[C@@]2(C)c2ccc(Oc3ccccc3)cc2)cc1Br. The van der Waals surface area contributed by atoms with Crippen LogP contribution in [0.5, 0.6) is 17.2 Å². The Morgan fingerprint density at radius 2 is 1.65 bits per heavy atom. The fourth-order valence-corrected chi connectivity index (χ4v) is 4.57. The Labute approximate surface area is 189 Å². The molecular formula is C25H20BrNO4. The number of cyclic esters (lactones) is 1. The van der Waals surface area contributed by atoms with Crippen molar-refractivity contribution in [2.45, 2.75) is 24.4 Å². The summed E-state index contributed by atoms with van der Waals surface area (Å²) in [5.41, 5.74) is -0.966. The van der Waals surface area contributed by atoms with E-state index in [1.54, 1.807) is 25.3 Å². The van der Waals surface area contributed by atoms with E-state index in [-0.39, 0.29) is 6.42 Å². The molecule has 0 N–H and O–H groups in total. The van der Waals surface area contributed by atoms with Gasteiger partial charge in [-0.3, -0.25) is 4.79 Å². The number of carbonyl (C=O) groups excluding carboxylic acids is 1. The zero-order chi connectivity index (χ0) is 22.1. The normalized spacial score (nSPS) is 22.5. The van der Waals surface area contributed by atoms with E-state index in [0.29, 0.717) is 21.5 Å². The number of benzene rings is 3. The second-order valence-corrected chi connectivity index (χ2v) is 8.42. The molecule has 1 aliphatic rings. The lowest BCUT2D eigenvalue weighted by Crippen LogP contribution is -2.43. The molecule has 5 nitrogen and oxygen atoms in total. The molecule has 4 rings (SSSR count). The van der Waals surface area contributed by atoms with Gasteiger partial charge in [-0.15, -0.1) is 0 Å². The monoisotopic (exact) mass is 477 g/mol. The molecule has 0 radical (unpaired) electrons. The van der Waals surface area contributed by atoms with Crippen LogP contribution in [-0.4, -0.2) is 13.1 Å². The second kappa shape index (κ2) is 8.09. The Bertz CT molecular complexity index is 1160. The van der Waals surface area contributed by atoms with Crippen LogP contribution in [0.4, 0.5) is 0 Å². The first kappa shape index (κ1) is 21.0. The van der Waals surface area contributed by atoms with Crippen molar-refractivity contribution >= 4 is 21.9 Å². The molecule has 156 valence electrons. The fourth-order valence-electron chi connectivity index (χ4n) is 4.03. The number of hydrogen-bond acceptors (Lipinski definition) is 5. The van der Waals surface area contributed by atoms with Gasteiger partial charge in [0.05, 0.1) is 23.4 Å². The highest BCUT2D eigenvalue weighted by molar-refractivity contribution is 9.10. The predicted molar refractivity (Wildman–Crippen MR) is 119 cm³/mol. The van der Waals surface area contributed by atoms with Gasteiger partial charge in [-0.25, -0.2) is 0 Å². The number of hydrogen-bond donors (Lipinski definition) is 0.